The van der Waals surface area contributed by atoms with Crippen molar-refractivity contribution in [2.24, 2.45) is 0 Å². The molecule has 1 aromatic carbocycles. The molecule has 1 atom stereocenters. The Morgan fingerprint density at radius 1 is 1.15 bits per heavy atom. The van der Waals surface area contributed by atoms with Crippen molar-refractivity contribution in [1.29, 1.82) is 0 Å². The molecule has 20 heavy (non-hydrogen) atoms. The molecule has 0 aliphatic carbocycles. The average Bonchev–Trinajstić information content (AvgIpc) is 2.33. The van der Waals surface area contributed by atoms with Crippen LogP contribution >= 0.6 is 0 Å². The highest BCUT2D eigenvalue weighted by atomic mass is 32.2. The second-order valence-electron chi connectivity index (χ2n) is 5.81. The van der Waals surface area contributed by atoms with Crippen molar-refractivity contribution in [3.63, 3.8) is 0 Å². The van der Waals surface area contributed by atoms with Crippen LogP contribution in [0.5, 0.6) is 0 Å². The molecule has 1 rings (SSSR count). The van der Waals surface area contributed by atoms with E-state index in [4.69, 9.17) is 8.61 Å². The predicted octanol–water partition coefficient (Wildman–Crippen LogP) is 3.33. The summed E-state index contributed by atoms with van der Waals surface area (Å²) in [7, 11) is -5.40. The third-order valence-corrected chi connectivity index (χ3v) is 5.03. The van der Waals surface area contributed by atoms with Gasteiger partial charge in [0.2, 0.25) is 0 Å². The molecule has 0 amide bonds. The monoisotopic (exact) mass is 316 g/mol. The molecule has 0 spiro atoms. The van der Waals surface area contributed by atoms with Crippen LogP contribution in [0.2, 0.25) is 19.6 Å². The SMILES string of the molecule is CCC(COS(=O)(=O)c1ccc(C)cc1)O[Si](C)(C)C. The zero-order valence-corrected chi connectivity index (χ0v) is 14.7. The molecule has 4 nitrogen and oxygen atoms in total. The maximum Gasteiger partial charge on any atom is 0.297 e. The van der Waals surface area contributed by atoms with Crippen molar-refractivity contribution in [2.75, 3.05) is 6.61 Å². The lowest BCUT2D eigenvalue weighted by Gasteiger charge is -2.25. The molecule has 0 bridgehead atoms. The van der Waals surface area contributed by atoms with Gasteiger partial charge < -0.3 is 4.43 Å². The van der Waals surface area contributed by atoms with Gasteiger partial charge in [-0.25, -0.2) is 0 Å². The number of rotatable bonds is 7. The molecule has 114 valence electrons. The molecule has 1 unspecified atom stereocenters. The molecule has 0 N–H and O–H groups in total. The van der Waals surface area contributed by atoms with Gasteiger partial charge in [0.05, 0.1) is 17.6 Å². The maximum atomic E-state index is 12.1. The molecule has 0 radical (unpaired) electrons. The second-order valence-corrected chi connectivity index (χ2v) is 11.9. The maximum absolute atomic E-state index is 12.1. The summed E-state index contributed by atoms with van der Waals surface area (Å²) in [6.07, 6.45) is 0.551. The summed E-state index contributed by atoms with van der Waals surface area (Å²) in [5.41, 5.74) is 1.01. The van der Waals surface area contributed by atoms with E-state index in [0.29, 0.717) is 0 Å². The molecule has 1 aromatic rings. The van der Waals surface area contributed by atoms with Crippen LogP contribution in [-0.2, 0) is 18.7 Å². The van der Waals surface area contributed by atoms with Crippen LogP contribution in [0.4, 0.5) is 0 Å². The summed E-state index contributed by atoms with van der Waals surface area (Å²) in [4.78, 5) is 0.186. The van der Waals surface area contributed by atoms with E-state index in [0.717, 1.165) is 12.0 Å². The first-order chi connectivity index (χ1) is 9.14. The van der Waals surface area contributed by atoms with E-state index in [2.05, 4.69) is 19.6 Å². The lowest BCUT2D eigenvalue weighted by molar-refractivity contribution is 0.122. The largest absolute Gasteiger partial charge is 0.412 e. The summed E-state index contributed by atoms with van der Waals surface area (Å²) in [6.45, 7) is 10.2. The van der Waals surface area contributed by atoms with E-state index in [1.165, 1.54) is 0 Å². The van der Waals surface area contributed by atoms with Crippen LogP contribution in [-0.4, -0.2) is 29.4 Å². The van der Waals surface area contributed by atoms with Crippen molar-refractivity contribution in [1.82, 2.24) is 0 Å². The molecule has 0 saturated carbocycles. The first kappa shape index (κ1) is 17.4. The zero-order chi connectivity index (χ0) is 15.4. The fourth-order valence-electron chi connectivity index (χ4n) is 1.67. The smallest absolute Gasteiger partial charge is 0.297 e. The minimum atomic E-state index is -3.70. The molecule has 0 aromatic heterocycles. The highest BCUT2D eigenvalue weighted by Gasteiger charge is 2.23. The summed E-state index contributed by atoms with van der Waals surface area (Å²) >= 11 is 0. The van der Waals surface area contributed by atoms with Crippen molar-refractivity contribution < 1.29 is 17.0 Å². The van der Waals surface area contributed by atoms with Gasteiger partial charge in [-0.3, -0.25) is 4.18 Å². The van der Waals surface area contributed by atoms with Gasteiger partial charge in [0.1, 0.15) is 0 Å². The molecule has 0 fully saturated rings. The van der Waals surface area contributed by atoms with Gasteiger partial charge in [0.15, 0.2) is 8.32 Å². The normalized spacial score (nSPS) is 14.2. The second kappa shape index (κ2) is 6.84. The van der Waals surface area contributed by atoms with E-state index >= 15 is 0 Å². The Bertz CT molecular complexity index is 517. The van der Waals surface area contributed by atoms with Crippen LogP contribution in [0.1, 0.15) is 18.9 Å². The fourth-order valence-corrected chi connectivity index (χ4v) is 3.84. The van der Waals surface area contributed by atoms with E-state index in [1.807, 2.05) is 13.8 Å². The summed E-state index contributed by atoms with van der Waals surface area (Å²) in [5.74, 6) is 0. The van der Waals surface area contributed by atoms with Crippen molar-refractivity contribution in [2.45, 2.75) is 50.9 Å². The third-order valence-electron chi connectivity index (χ3n) is 2.69. The first-order valence-corrected chi connectivity index (χ1v) is 11.6. The molecular formula is C14H24O4SSi. The summed E-state index contributed by atoms with van der Waals surface area (Å²) in [6, 6.07) is 6.63. The molecule has 0 saturated heterocycles. The Hall–Kier alpha value is -0.693. The fraction of sp³-hybridized carbons (Fsp3) is 0.571. The first-order valence-electron chi connectivity index (χ1n) is 6.78. The highest BCUT2D eigenvalue weighted by Crippen LogP contribution is 2.16. The Kier molecular flexibility index (Phi) is 5.94. The summed E-state index contributed by atoms with van der Waals surface area (Å²) in [5, 5.41) is 0. The highest BCUT2D eigenvalue weighted by molar-refractivity contribution is 7.86. The molecular weight excluding hydrogens is 292 g/mol. The van der Waals surface area contributed by atoms with Gasteiger partial charge >= 0.3 is 0 Å². The van der Waals surface area contributed by atoms with Gasteiger partial charge in [0.25, 0.3) is 10.1 Å². The van der Waals surface area contributed by atoms with Gasteiger partial charge in [-0.1, -0.05) is 24.6 Å². The predicted molar refractivity (Wildman–Crippen MR) is 82.8 cm³/mol. The number of hydrogen-bond acceptors (Lipinski definition) is 4. The van der Waals surface area contributed by atoms with E-state index in [-0.39, 0.29) is 17.6 Å². The van der Waals surface area contributed by atoms with Gasteiger partial charge in [-0.05, 0) is 45.1 Å². The molecule has 0 aliphatic heterocycles. The van der Waals surface area contributed by atoms with E-state index in [1.54, 1.807) is 24.3 Å². The van der Waals surface area contributed by atoms with Gasteiger partial charge in [-0.15, -0.1) is 0 Å². The van der Waals surface area contributed by atoms with Crippen LogP contribution in [0.15, 0.2) is 29.2 Å². The third kappa shape index (κ3) is 5.74. The quantitative estimate of drug-likeness (QED) is 0.572. The number of benzene rings is 1. The minimum absolute atomic E-state index is 0.0664. The van der Waals surface area contributed by atoms with Crippen LogP contribution in [0.3, 0.4) is 0 Å². The van der Waals surface area contributed by atoms with E-state index < -0.39 is 18.4 Å². The number of aryl methyl sites for hydroxylation is 1. The van der Waals surface area contributed by atoms with Crippen molar-refractivity contribution >= 4 is 18.4 Å². The Morgan fingerprint density at radius 3 is 2.15 bits per heavy atom. The molecule has 0 aliphatic rings. The topological polar surface area (TPSA) is 52.6 Å². The Morgan fingerprint density at radius 2 is 1.70 bits per heavy atom. The average molecular weight is 316 g/mol. The molecule has 6 heteroatoms. The van der Waals surface area contributed by atoms with Gasteiger partial charge in [0, 0.05) is 0 Å². The van der Waals surface area contributed by atoms with Gasteiger partial charge in [-0.2, -0.15) is 8.42 Å². The standard InChI is InChI=1S/C14H24O4SSi/c1-6-13(18-20(3,4)5)11-17-19(15,16)14-9-7-12(2)8-10-14/h7-10,13H,6,11H2,1-5H3. The van der Waals surface area contributed by atoms with Crippen molar-refractivity contribution in [3.05, 3.63) is 29.8 Å². The number of hydrogen-bond donors (Lipinski definition) is 0. The Labute approximate surface area is 123 Å². The van der Waals surface area contributed by atoms with E-state index in [9.17, 15) is 8.42 Å². The lowest BCUT2D eigenvalue weighted by atomic mass is 10.2. The molecule has 0 heterocycles. The lowest BCUT2D eigenvalue weighted by Crippen LogP contribution is -2.34. The summed E-state index contributed by atoms with van der Waals surface area (Å²) < 4.78 is 35.1. The zero-order valence-electron chi connectivity index (χ0n) is 12.8. The van der Waals surface area contributed by atoms with Crippen LogP contribution in [0, 0.1) is 6.92 Å². The van der Waals surface area contributed by atoms with Crippen LogP contribution < -0.4 is 0 Å². The Balaban J connectivity index is 2.69. The van der Waals surface area contributed by atoms with Crippen molar-refractivity contribution in [3.8, 4) is 0 Å². The minimum Gasteiger partial charge on any atom is -0.412 e. The van der Waals surface area contributed by atoms with Crippen LogP contribution in [0.25, 0.3) is 0 Å².